The number of hydrogen-bond donors (Lipinski definition) is 2. The number of rotatable bonds is 9. The van der Waals surface area contributed by atoms with Crippen LogP contribution < -0.4 is 4.72 Å². The molecule has 1 unspecified atom stereocenters. The van der Waals surface area contributed by atoms with Crippen LogP contribution in [0.3, 0.4) is 0 Å². The van der Waals surface area contributed by atoms with E-state index in [0.717, 1.165) is 30.6 Å². The third kappa shape index (κ3) is 5.53. The van der Waals surface area contributed by atoms with E-state index >= 15 is 0 Å². The van der Waals surface area contributed by atoms with Gasteiger partial charge >= 0.3 is 0 Å². The van der Waals surface area contributed by atoms with Gasteiger partial charge in [0.15, 0.2) is 0 Å². The van der Waals surface area contributed by atoms with Crippen molar-refractivity contribution in [2.45, 2.75) is 62.8 Å². The van der Waals surface area contributed by atoms with Crippen LogP contribution >= 0.6 is 22.9 Å². The predicted octanol–water partition coefficient (Wildman–Crippen LogP) is 3.65. The number of aliphatic hydroxyl groups is 1. The van der Waals surface area contributed by atoms with E-state index in [1.807, 2.05) is 20.8 Å². The standard InChI is InChI=1S/C14H24ClNO3S2/c1-4-6-7-11(17)14(10(3)5-2)16-21(18,19)13-9-8-12(15)20-13/h8-11,14,16-17H,4-7H2,1-3H3/t10-,11?,14-/m0/s1. The monoisotopic (exact) mass is 353 g/mol. The van der Waals surface area contributed by atoms with Gasteiger partial charge in [0.25, 0.3) is 0 Å². The molecule has 0 aliphatic carbocycles. The largest absolute Gasteiger partial charge is 0.391 e. The zero-order chi connectivity index (χ0) is 16.0. The van der Waals surface area contributed by atoms with Crippen molar-refractivity contribution in [3.8, 4) is 0 Å². The number of sulfonamides is 1. The fourth-order valence-corrected chi connectivity index (χ4v) is 4.98. The van der Waals surface area contributed by atoms with E-state index in [-0.39, 0.29) is 10.1 Å². The molecule has 1 aromatic rings. The molecule has 0 aliphatic rings. The van der Waals surface area contributed by atoms with Crippen LogP contribution in [0.1, 0.15) is 46.5 Å². The summed E-state index contributed by atoms with van der Waals surface area (Å²) in [7, 11) is -3.64. The Morgan fingerprint density at radius 3 is 2.52 bits per heavy atom. The highest BCUT2D eigenvalue weighted by molar-refractivity contribution is 7.91. The average Bonchev–Trinajstić information content (AvgIpc) is 2.88. The van der Waals surface area contributed by atoms with Gasteiger partial charge in [0, 0.05) is 0 Å². The van der Waals surface area contributed by atoms with E-state index in [1.165, 1.54) is 6.07 Å². The quantitative estimate of drug-likeness (QED) is 0.712. The molecule has 122 valence electrons. The second-order valence-corrected chi connectivity index (χ2v) is 8.96. The van der Waals surface area contributed by atoms with Crippen LogP contribution in [-0.2, 0) is 10.0 Å². The molecule has 0 radical (unpaired) electrons. The summed E-state index contributed by atoms with van der Waals surface area (Å²) in [5.41, 5.74) is 0. The lowest BCUT2D eigenvalue weighted by molar-refractivity contribution is 0.101. The molecule has 21 heavy (non-hydrogen) atoms. The highest BCUT2D eigenvalue weighted by Crippen LogP contribution is 2.27. The molecule has 1 aromatic heterocycles. The molecule has 2 N–H and O–H groups in total. The van der Waals surface area contributed by atoms with Gasteiger partial charge in [-0.3, -0.25) is 0 Å². The summed E-state index contributed by atoms with van der Waals surface area (Å²) >= 11 is 6.82. The fraction of sp³-hybridized carbons (Fsp3) is 0.714. The molecule has 0 aromatic carbocycles. The third-order valence-corrected chi connectivity index (χ3v) is 6.81. The Kier molecular flexibility index (Phi) is 7.64. The van der Waals surface area contributed by atoms with Gasteiger partial charge < -0.3 is 5.11 Å². The van der Waals surface area contributed by atoms with Crippen LogP contribution in [0.4, 0.5) is 0 Å². The van der Waals surface area contributed by atoms with Gasteiger partial charge in [-0.2, -0.15) is 0 Å². The topological polar surface area (TPSA) is 66.4 Å². The maximum atomic E-state index is 12.4. The molecule has 3 atom stereocenters. The Labute approximate surface area is 136 Å². The first-order valence-electron chi connectivity index (χ1n) is 7.27. The number of nitrogens with one attached hydrogen (secondary N) is 1. The second kappa shape index (κ2) is 8.48. The van der Waals surface area contributed by atoms with Crippen molar-refractivity contribution in [2.75, 3.05) is 0 Å². The summed E-state index contributed by atoms with van der Waals surface area (Å²) in [6.45, 7) is 5.98. The second-order valence-electron chi connectivity index (χ2n) is 5.30. The summed E-state index contributed by atoms with van der Waals surface area (Å²) in [5.74, 6) is 0.0575. The number of thiophene rings is 1. The highest BCUT2D eigenvalue weighted by atomic mass is 35.5. The van der Waals surface area contributed by atoms with Crippen LogP contribution in [0.25, 0.3) is 0 Å². The molecule has 0 bridgehead atoms. The number of aliphatic hydroxyl groups excluding tert-OH is 1. The van der Waals surface area contributed by atoms with Crippen molar-refractivity contribution in [2.24, 2.45) is 5.92 Å². The molecule has 1 heterocycles. The highest BCUT2D eigenvalue weighted by Gasteiger charge is 2.30. The van der Waals surface area contributed by atoms with Crippen molar-refractivity contribution in [3.63, 3.8) is 0 Å². The van der Waals surface area contributed by atoms with E-state index in [2.05, 4.69) is 4.72 Å². The van der Waals surface area contributed by atoms with Crippen molar-refractivity contribution < 1.29 is 13.5 Å². The molecule has 4 nitrogen and oxygen atoms in total. The van der Waals surface area contributed by atoms with Gasteiger partial charge in [0.05, 0.1) is 16.5 Å². The van der Waals surface area contributed by atoms with Crippen molar-refractivity contribution >= 4 is 33.0 Å². The van der Waals surface area contributed by atoms with Gasteiger partial charge in [-0.05, 0) is 24.5 Å². The summed E-state index contributed by atoms with van der Waals surface area (Å²) in [4.78, 5) is 0. The van der Waals surface area contributed by atoms with Crippen LogP contribution in [0.15, 0.2) is 16.3 Å². The zero-order valence-corrected chi connectivity index (χ0v) is 15.1. The maximum absolute atomic E-state index is 12.4. The Hall–Kier alpha value is -0.140. The van der Waals surface area contributed by atoms with Crippen molar-refractivity contribution in [1.82, 2.24) is 4.72 Å². The molecule has 0 saturated heterocycles. The first-order chi connectivity index (χ1) is 9.81. The van der Waals surface area contributed by atoms with Gasteiger partial charge in [0.1, 0.15) is 4.21 Å². The Bertz CT molecular complexity index is 530. The fourth-order valence-electron chi connectivity index (χ4n) is 2.10. The van der Waals surface area contributed by atoms with Crippen molar-refractivity contribution in [3.05, 3.63) is 16.5 Å². The lowest BCUT2D eigenvalue weighted by Gasteiger charge is -2.28. The summed E-state index contributed by atoms with van der Waals surface area (Å²) in [5, 5.41) is 10.3. The number of unbranched alkanes of at least 4 members (excludes halogenated alkanes) is 1. The minimum absolute atomic E-state index is 0.0575. The van der Waals surface area contributed by atoms with Crippen LogP contribution in [0.2, 0.25) is 4.34 Å². The van der Waals surface area contributed by atoms with E-state index in [0.29, 0.717) is 10.8 Å². The molecular formula is C14H24ClNO3S2. The first kappa shape index (κ1) is 18.9. The molecule has 0 aliphatic heterocycles. The van der Waals surface area contributed by atoms with Crippen LogP contribution in [-0.4, -0.2) is 25.7 Å². The summed E-state index contributed by atoms with van der Waals surface area (Å²) < 4.78 is 28.0. The molecular weight excluding hydrogens is 330 g/mol. The minimum Gasteiger partial charge on any atom is -0.391 e. The Morgan fingerprint density at radius 2 is 2.05 bits per heavy atom. The molecule has 7 heteroatoms. The maximum Gasteiger partial charge on any atom is 0.250 e. The lowest BCUT2D eigenvalue weighted by Crippen LogP contribution is -2.47. The third-order valence-electron chi connectivity index (χ3n) is 3.63. The lowest BCUT2D eigenvalue weighted by atomic mass is 9.92. The van der Waals surface area contributed by atoms with E-state index in [4.69, 9.17) is 11.6 Å². The van der Waals surface area contributed by atoms with Gasteiger partial charge in [-0.15, -0.1) is 11.3 Å². The molecule has 0 fully saturated rings. The van der Waals surface area contributed by atoms with Crippen LogP contribution in [0, 0.1) is 5.92 Å². The summed E-state index contributed by atoms with van der Waals surface area (Å²) in [6, 6.07) is 2.57. The minimum atomic E-state index is -3.64. The normalized spacial score (nSPS) is 16.6. The zero-order valence-electron chi connectivity index (χ0n) is 12.7. The van der Waals surface area contributed by atoms with Crippen molar-refractivity contribution in [1.29, 1.82) is 0 Å². The Balaban J connectivity index is 2.89. The van der Waals surface area contributed by atoms with Crippen LogP contribution in [0.5, 0.6) is 0 Å². The molecule has 0 amide bonds. The smallest absolute Gasteiger partial charge is 0.250 e. The predicted molar refractivity (Wildman–Crippen MR) is 88.4 cm³/mol. The Morgan fingerprint density at radius 1 is 1.38 bits per heavy atom. The number of hydrogen-bond acceptors (Lipinski definition) is 4. The van der Waals surface area contributed by atoms with E-state index in [1.54, 1.807) is 6.07 Å². The van der Waals surface area contributed by atoms with Gasteiger partial charge in [-0.1, -0.05) is 51.6 Å². The van der Waals surface area contributed by atoms with E-state index < -0.39 is 22.2 Å². The summed E-state index contributed by atoms with van der Waals surface area (Å²) in [6.07, 6.45) is 2.56. The average molecular weight is 354 g/mol. The molecule has 0 spiro atoms. The SMILES string of the molecule is CCCCC(O)[C@@H](NS(=O)(=O)c1ccc(Cl)s1)[C@@H](C)CC. The number of halogens is 1. The molecule has 1 rings (SSSR count). The van der Waals surface area contributed by atoms with Gasteiger partial charge in [0.2, 0.25) is 10.0 Å². The van der Waals surface area contributed by atoms with Gasteiger partial charge in [-0.25, -0.2) is 13.1 Å². The first-order valence-corrected chi connectivity index (χ1v) is 9.95. The molecule has 0 saturated carbocycles. The van der Waals surface area contributed by atoms with E-state index in [9.17, 15) is 13.5 Å².